The molecule has 7 nitrogen and oxygen atoms in total. The average molecular weight is 529 g/mol. The molecular weight excluding hydrogens is 497 g/mol. The van der Waals surface area contributed by atoms with Crippen LogP contribution in [0.1, 0.15) is 38.3 Å². The summed E-state index contributed by atoms with van der Waals surface area (Å²) in [6, 6.07) is 10.9. The number of anilines is 1. The predicted molar refractivity (Wildman–Crippen MR) is 138 cm³/mol. The highest BCUT2D eigenvalue weighted by Crippen LogP contribution is 2.25. The summed E-state index contributed by atoms with van der Waals surface area (Å²) in [6.07, 6.45) is 1.39. The standard InChI is InChI=1S/C24H31Cl2N3O4S/c1-6-22(24(31)27-16(2)3)28(14-18-9-12-20(25)21(26)13-18)23(30)15-29(34(5,32)33)19-10-7-17(4)8-11-19/h7-13,16,22H,6,14-15H2,1-5H3,(H,27,31). The number of hydrogen-bond donors (Lipinski definition) is 1. The van der Waals surface area contributed by atoms with E-state index in [0.29, 0.717) is 27.7 Å². The summed E-state index contributed by atoms with van der Waals surface area (Å²) in [4.78, 5) is 27.9. The van der Waals surface area contributed by atoms with Crippen molar-refractivity contribution in [2.75, 3.05) is 17.1 Å². The molecule has 0 saturated heterocycles. The summed E-state index contributed by atoms with van der Waals surface area (Å²) in [7, 11) is -3.77. The Morgan fingerprint density at radius 1 is 1.03 bits per heavy atom. The first kappa shape index (κ1) is 28.0. The van der Waals surface area contributed by atoms with E-state index in [1.165, 1.54) is 4.90 Å². The Hall–Kier alpha value is -2.29. The van der Waals surface area contributed by atoms with Crippen LogP contribution in [0.3, 0.4) is 0 Å². The molecule has 0 saturated carbocycles. The first-order valence-electron chi connectivity index (χ1n) is 10.9. The maximum absolute atomic E-state index is 13.6. The van der Waals surface area contributed by atoms with Gasteiger partial charge >= 0.3 is 0 Å². The number of carbonyl (C=O) groups excluding carboxylic acids is 2. The number of sulfonamides is 1. The third kappa shape index (κ3) is 7.61. The number of aryl methyl sites for hydroxylation is 1. The van der Waals surface area contributed by atoms with E-state index in [1.54, 1.807) is 49.4 Å². The molecule has 186 valence electrons. The van der Waals surface area contributed by atoms with Gasteiger partial charge in [0, 0.05) is 12.6 Å². The normalized spacial score (nSPS) is 12.4. The van der Waals surface area contributed by atoms with E-state index >= 15 is 0 Å². The minimum Gasteiger partial charge on any atom is -0.352 e. The van der Waals surface area contributed by atoms with Gasteiger partial charge in [0.15, 0.2) is 0 Å². The molecule has 1 atom stereocenters. The monoisotopic (exact) mass is 527 g/mol. The smallest absolute Gasteiger partial charge is 0.244 e. The van der Waals surface area contributed by atoms with E-state index in [2.05, 4.69) is 5.32 Å². The topological polar surface area (TPSA) is 86.8 Å². The van der Waals surface area contributed by atoms with Crippen molar-refractivity contribution in [1.29, 1.82) is 0 Å². The highest BCUT2D eigenvalue weighted by Gasteiger charge is 2.32. The Morgan fingerprint density at radius 2 is 1.65 bits per heavy atom. The Labute approximate surface area is 212 Å². The summed E-state index contributed by atoms with van der Waals surface area (Å²) >= 11 is 12.2. The van der Waals surface area contributed by atoms with Crippen molar-refractivity contribution in [3.05, 3.63) is 63.6 Å². The van der Waals surface area contributed by atoms with Crippen LogP contribution in [0.2, 0.25) is 10.0 Å². The summed E-state index contributed by atoms with van der Waals surface area (Å²) in [6.45, 7) is 6.96. The molecule has 10 heteroatoms. The van der Waals surface area contributed by atoms with Crippen LogP contribution in [-0.4, -0.2) is 50.0 Å². The third-order valence-corrected chi connectivity index (χ3v) is 7.03. The molecule has 2 amide bonds. The van der Waals surface area contributed by atoms with Crippen molar-refractivity contribution in [1.82, 2.24) is 10.2 Å². The molecule has 0 spiro atoms. The maximum atomic E-state index is 13.6. The fourth-order valence-electron chi connectivity index (χ4n) is 3.46. The van der Waals surface area contributed by atoms with Gasteiger partial charge in [-0.3, -0.25) is 13.9 Å². The Kier molecular flexibility index (Phi) is 9.79. The number of benzene rings is 2. The van der Waals surface area contributed by atoms with Crippen LogP contribution in [0.5, 0.6) is 0 Å². The first-order valence-corrected chi connectivity index (χ1v) is 13.5. The van der Waals surface area contributed by atoms with Crippen LogP contribution < -0.4 is 9.62 Å². The largest absolute Gasteiger partial charge is 0.352 e. The van der Waals surface area contributed by atoms with Crippen LogP contribution >= 0.6 is 23.2 Å². The number of halogens is 2. The molecule has 0 heterocycles. The van der Waals surface area contributed by atoms with E-state index in [0.717, 1.165) is 16.1 Å². The van der Waals surface area contributed by atoms with Crippen molar-refractivity contribution >= 4 is 50.7 Å². The third-order valence-electron chi connectivity index (χ3n) is 5.15. The summed E-state index contributed by atoms with van der Waals surface area (Å²) in [5, 5.41) is 3.54. The second kappa shape index (κ2) is 11.9. The highest BCUT2D eigenvalue weighted by molar-refractivity contribution is 7.92. The van der Waals surface area contributed by atoms with Crippen molar-refractivity contribution in [2.45, 2.75) is 52.7 Å². The fourth-order valence-corrected chi connectivity index (χ4v) is 4.63. The molecule has 0 aliphatic rings. The lowest BCUT2D eigenvalue weighted by Crippen LogP contribution is -2.53. The average Bonchev–Trinajstić information content (AvgIpc) is 2.73. The fraction of sp³-hybridized carbons (Fsp3) is 0.417. The van der Waals surface area contributed by atoms with Gasteiger partial charge in [-0.05, 0) is 57.0 Å². The Balaban J connectivity index is 2.45. The van der Waals surface area contributed by atoms with Crippen LogP contribution in [0.25, 0.3) is 0 Å². The van der Waals surface area contributed by atoms with Gasteiger partial charge in [-0.1, -0.05) is 53.9 Å². The zero-order chi connectivity index (χ0) is 25.6. The lowest BCUT2D eigenvalue weighted by molar-refractivity contribution is -0.140. The van der Waals surface area contributed by atoms with Crippen molar-refractivity contribution < 1.29 is 18.0 Å². The van der Waals surface area contributed by atoms with Gasteiger partial charge in [-0.25, -0.2) is 8.42 Å². The lowest BCUT2D eigenvalue weighted by Gasteiger charge is -2.33. The molecule has 2 aromatic rings. The molecule has 1 unspecified atom stereocenters. The van der Waals surface area contributed by atoms with Gasteiger partial charge in [-0.2, -0.15) is 0 Å². The predicted octanol–water partition coefficient (Wildman–Crippen LogP) is 4.40. The van der Waals surface area contributed by atoms with E-state index < -0.39 is 28.5 Å². The molecule has 0 fully saturated rings. The van der Waals surface area contributed by atoms with Gasteiger partial charge in [0.2, 0.25) is 21.8 Å². The SMILES string of the molecule is CCC(C(=O)NC(C)C)N(Cc1ccc(Cl)c(Cl)c1)C(=O)CN(c1ccc(C)cc1)S(C)(=O)=O. The molecule has 0 aliphatic carbocycles. The quantitative estimate of drug-likeness (QED) is 0.495. The molecule has 34 heavy (non-hydrogen) atoms. The molecule has 0 aromatic heterocycles. The number of amides is 2. The molecule has 2 rings (SSSR count). The molecule has 0 radical (unpaired) electrons. The molecule has 1 N–H and O–H groups in total. The summed E-state index contributed by atoms with van der Waals surface area (Å²) in [5.41, 5.74) is 2.00. The van der Waals surface area contributed by atoms with Gasteiger partial charge in [0.25, 0.3) is 0 Å². The van der Waals surface area contributed by atoms with Crippen LogP contribution in [0.15, 0.2) is 42.5 Å². The highest BCUT2D eigenvalue weighted by atomic mass is 35.5. The van der Waals surface area contributed by atoms with E-state index in [1.807, 2.05) is 20.8 Å². The van der Waals surface area contributed by atoms with E-state index in [-0.39, 0.29) is 18.5 Å². The first-order chi connectivity index (χ1) is 15.8. The number of hydrogen-bond acceptors (Lipinski definition) is 4. The maximum Gasteiger partial charge on any atom is 0.244 e. The van der Waals surface area contributed by atoms with Crippen LogP contribution in [0, 0.1) is 6.92 Å². The van der Waals surface area contributed by atoms with Gasteiger partial charge < -0.3 is 10.2 Å². The lowest BCUT2D eigenvalue weighted by atomic mass is 10.1. The molecule has 0 aliphatic heterocycles. The van der Waals surface area contributed by atoms with Gasteiger partial charge in [-0.15, -0.1) is 0 Å². The summed E-state index contributed by atoms with van der Waals surface area (Å²) in [5.74, 6) is -0.824. The number of rotatable bonds is 10. The van der Waals surface area contributed by atoms with Crippen molar-refractivity contribution in [3.63, 3.8) is 0 Å². The Morgan fingerprint density at radius 3 is 2.15 bits per heavy atom. The summed E-state index contributed by atoms with van der Waals surface area (Å²) < 4.78 is 26.2. The van der Waals surface area contributed by atoms with E-state index in [9.17, 15) is 18.0 Å². The zero-order valence-electron chi connectivity index (χ0n) is 20.0. The zero-order valence-corrected chi connectivity index (χ0v) is 22.3. The van der Waals surface area contributed by atoms with Crippen molar-refractivity contribution in [2.24, 2.45) is 0 Å². The molecular formula is C24H31Cl2N3O4S. The van der Waals surface area contributed by atoms with Crippen molar-refractivity contribution in [3.8, 4) is 0 Å². The van der Waals surface area contributed by atoms with Crippen LogP contribution in [-0.2, 0) is 26.2 Å². The van der Waals surface area contributed by atoms with Gasteiger partial charge in [0.05, 0.1) is 22.0 Å². The number of nitrogens with zero attached hydrogens (tertiary/aromatic N) is 2. The van der Waals surface area contributed by atoms with Gasteiger partial charge in [0.1, 0.15) is 12.6 Å². The molecule has 2 aromatic carbocycles. The Bertz CT molecular complexity index is 1120. The van der Waals surface area contributed by atoms with Crippen LogP contribution in [0.4, 0.5) is 5.69 Å². The van der Waals surface area contributed by atoms with E-state index in [4.69, 9.17) is 23.2 Å². The second-order valence-electron chi connectivity index (χ2n) is 8.46. The minimum absolute atomic E-state index is 0.0608. The number of carbonyl (C=O) groups is 2. The molecule has 0 bridgehead atoms. The second-order valence-corrected chi connectivity index (χ2v) is 11.2. The minimum atomic E-state index is -3.77. The number of nitrogens with one attached hydrogen (secondary N) is 1.